The fraction of sp³-hybridized carbons (Fsp3) is 0.300. The SMILES string of the molecule is CC(NC(=NCc1ccccc1)NCC(=O)N(C)C)c1cccc(Cl)c1. The topological polar surface area (TPSA) is 56.7 Å². The summed E-state index contributed by atoms with van der Waals surface area (Å²) in [7, 11) is 3.46. The highest BCUT2D eigenvalue weighted by atomic mass is 35.5. The predicted octanol–water partition coefficient (Wildman–Crippen LogP) is 3.22. The van der Waals surface area contributed by atoms with Crippen LogP contribution >= 0.6 is 11.6 Å². The minimum Gasteiger partial charge on any atom is -0.350 e. The first-order chi connectivity index (χ1) is 12.5. The number of halogens is 1. The Kier molecular flexibility index (Phi) is 7.48. The Morgan fingerprint density at radius 2 is 1.88 bits per heavy atom. The van der Waals surface area contributed by atoms with Gasteiger partial charge in [0.1, 0.15) is 0 Å². The molecule has 0 spiro atoms. The minimum atomic E-state index is -0.0189. The molecule has 0 heterocycles. The molecule has 1 amide bonds. The number of hydrogen-bond acceptors (Lipinski definition) is 2. The number of likely N-dealkylation sites (N-methyl/N-ethyl adjacent to an activating group) is 1. The number of carbonyl (C=O) groups is 1. The predicted molar refractivity (Wildman–Crippen MR) is 107 cm³/mol. The monoisotopic (exact) mass is 372 g/mol. The molecule has 138 valence electrons. The van der Waals surface area contributed by atoms with Gasteiger partial charge in [-0.05, 0) is 30.2 Å². The van der Waals surface area contributed by atoms with E-state index < -0.39 is 0 Å². The first kappa shape index (κ1) is 19.8. The third-order valence-corrected chi connectivity index (χ3v) is 4.11. The lowest BCUT2D eigenvalue weighted by molar-refractivity contribution is -0.127. The minimum absolute atomic E-state index is 0.00909. The molecule has 0 aliphatic heterocycles. The van der Waals surface area contributed by atoms with Gasteiger partial charge in [0, 0.05) is 19.1 Å². The van der Waals surface area contributed by atoms with Gasteiger partial charge in [0.05, 0.1) is 19.1 Å². The molecule has 0 fully saturated rings. The van der Waals surface area contributed by atoms with Gasteiger partial charge in [-0.1, -0.05) is 54.1 Å². The van der Waals surface area contributed by atoms with E-state index in [0.29, 0.717) is 17.5 Å². The smallest absolute Gasteiger partial charge is 0.241 e. The molecule has 0 radical (unpaired) electrons. The van der Waals surface area contributed by atoms with Crippen LogP contribution < -0.4 is 10.6 Å². The van der Waals surface area contributed by atoms with Crippen LogP contribution in [0.1, 0.15) is 24.1 Å². The third-order valence-electron chi connectivity index (χ3n) is 3.87. The summed E-state index contributed by atoms with van der Waals surface area (Å²) in [5.41, 5.74) is 2.15. The number of nitrogens with one attached hydrogen (secondary N) is 2. The number of benzene rings is 2. The maximum atomic E-state index is 11.9. The van der Waals surface area contributed by atoms with Crippen LogP contribution in [0.3, 0.4) is 0 Å². The quantitative estimate of drug-likeness (QED) is 0.604. The zero-order chi connectivity index (χ0) is 18.9. The first-order valence-electron chi connectivity index (χ1n) is 8.50. The average Bonchev–Trinajstić information content (AvgIpc) is 2.64. The average molecular weight is 373 g/mol. The summed E-state index contributed by atoms with van der Waals surface area (Å²) < 4.78 is 0. The van der Waals surface area contributed by atoms with Gasteiger partial charge in [0.25, 0.3) is 0 Å². The Balaban J connectivity index is 2.09. The summed E-state index contributed by atoms with van der Waals surface area (Å²) in [6.07, 6.45) is 0. The molecule has 0 saturated heterocycles. The van der Waals surface area contributed by atoms with Crippen LogP contribution in [-0.4, -0.2) is 37.4 Å². The number of amides is 1. The van der Waals surface area contributed by atoms with Gasteiger partial charge in [0.15, 0.2) is 5.96 Å². The molecule has 1 atom stereocenters. The number of aliphatic imine (C=N–C) groups is 1. The molecule has 1 unspecified atom stereocenters. The van der Waals surface area contributed by atoms with Crippen molar-refractivity contribution < 1.29 is 4.79 Å². The highest BCUT2D eigenvalue weighted by molar-refractivity contribution is 6.30. The van der Waals surface area contributed by atoms with Crippen molar-refractivity contribution in [2.75, 3.05) is 20.6 Å². The second-order valence-electron chi connectivity index (χ2n) is 6.21. The second-order valence-corrected chi connectivity index (χ2v) is 6.65. The summed E-state index contributed by atoms with van der Waals surface area (Å²) in [4.78, 5) is 18.0. The Hall–Kier alpha value is -2.53. The highest BCUT2D eigenvalue weighted by Crippen LogP contribution is 2.17. The zero-order valence-electron chi connectivity index (χ0n) is 15.4. The Bertz CT molecular complexity index is 746. The van der Waals surface area contributed by atoms with Gasteiger partial charge in [-0.2, -0.15) is 0 Å². The van der Waals surface area contributed by atoms with Gasteiger partial charge < -0.3 is 15.5 Å². The van der Waals surface area contributed by atoms with Crippen LogP contribution in [0.5, 0.6) is 0 Å². The lowest BCUT2D eigenvalue weighted by Crippen LogP contribution is -2.43. The van der Waals surface area contributed by atoms with Crippen molar-refractivity contribution in [2.45, 2.75) is 19.5 Å². The molecule has 0 bridgehead atoms. The van der Waals surface area contributed by atoms with Crippen molar-refractivity contribution in [1.82, 2.24) is 15.5 Å². The maximum Gasteiger partial charge on any atom is 0.241 e. The van der Waals surface area contributed by atoms with Crippen LogP contribution in [0.25, 0.3) is 0 Å². The van der Waals surface area contributed by atoms with Crippen LogP contribution in [0.15, 0.2) is 59.6 Å². The molecule has 0 aliphatic rings. The number of carbonyl (C=O) groups excluding carboxylic acids is 1. The van der Waals surface area contributed by atoms with E-state index in [1.54, 1.807) is 19.0 Å². The lowest BCUT2D eigenvalue weighted by atomic mass is 10.1. The summed E-state index contributed by atoms with van der Waals surface area (Å²) in [6.45, 7) is 2.73. The maximum absolute atomic E-state index is 11.9. The number of hydrogen-bond donors (Lipinski definition) is 2. The Morgan fingerprint density at radius 1 is 1.15 bits per heavy atom. The van der Waals surface area contributed by atoms with Gasteiger partial charge in [-0.25, -0.2) is 4.99 Å². The molecule has 0 aliphatic carbocycles. The van der Waals surface area contributed by atoms with Crippen LogP contribution in [0.4, 0.5) is 0 Å². The number of nitrogens with zero attached hydrogens (tertiary/aromatic N) is 2. The van der Waals surface area contributed by atoms with E-state index in [0.717, 1.165) is 11.1 Å². The van der Waals surface area contributed by atoms with Crippen molar-refractivity contribution in [3.8, 4) is 0 Å². The molecule has 5 nitrogen and oxygen atoms in total. The molecule has 2 aromatic rings. The van der Waals surface area contributed by atoms with E-state index in [4.69, 9.17) is 11.6 Å². The zero-order valence-corrected chi connectivity index (χ0v) is 16.1. The van der Waals surface area contributed by atoms with Crippen LogP contribution in [-0.2, 0) is 11.3 Å². The normalized spacial score (nSPS) is 12.4. The number of guanidine groups is 1. The van der Waals surface area contributed by atoms with Crippen molar-refractivity contribution in [2.24, 2.45) is 4.99 Å². The molecule has 0 saturated carbocycles. The highest BCUT2D eigenvalue weighted by Gasteiger charge is 2.11. The van der Waals surface area contributed by atoms with E-state index in [1.165, 1.54) is 0 Å². The molecule has 2 rings (SSSR count). The Morgan fingerprint density at radius 3 is 2.54 bits per heavy atom. The van der Waals surface area contributed by atoms with E-state index in [2.05, 4.69) is 15.6 Å². The summed E-state index contributed by atoms with van der Waals surface area (Å²) in [6, 6.07) is 17.6. The van der Waals surface area contributed by atoms with Crippen LogP contribution in [0.2, 0.25) is 5.02 Å². The van der Waals surface area contributed by atoms with Gasteiger partial charge in [-0.3, -0.25) is 4.79 Å². The van der Waals surface area contributed by atoms with Crippen molar-refractivity contribution in [3.05, 3.63) is 70.7 Å². The molecular formula is C20H25ClN4O. The summed E-state index contributed by atoms with van der Waals surface area (Å²) >= 11 is 6.08. The summed E-state index contributed by atoms with van der Waals surface area (Å²) in [5, 5.41) is 7.13. The molecular weight excluding hydrogens is 348 g/mol. The van der Waals surface area contributed by atoms with Gasteiger partial charge in [-0.15, -0.1) is 0 Å². The molecule has 0 aromatic heterocycles. The standard InChI is InChI=1S/C20H25ClN4O/c1-15(17-10-7-11-18(21)12-17)24-20(23-14-19(26)25(2)3)22-13-16-8-5-4-6-9-16/h4-12,15H,13-14H2,1-3H3,(H2,22,23,24). The van der Waals surface area contributed by atoms with E-state index in [-0.39, 0.29) is 18.5 Å². The van der Waals surface area contributed by atoms with Crippen molar-refractivity contribution in [3.63, 3.8) is 0 Å². The van der Waals surface area contributed by atoms with E-state index >= 15 is 0 Å². The van der Waals surface area contributed by atoms with Crippen LogP contribution in [0, 0.1) is 0 Å². The van der Waals surface area contributed by atoms with E-state index in [1.807, 2.05) is 61.5 Å². The van der Waals surface area contributed by atoms with Gasteiger partial charge in [0.2, 0.25) is 5.91 Å². The number of rotatable bonds is 6. The fourth-order valence-corrected chi connectivity index (χ4v) is 2.49. The molecule has 26 heavy (non-hydrogen) atoms. The second kappa shape index (κ2) is 9.82. The fourth-order valence-electron chi connectivity index (χ4n) is 2.29. The summed E-state index contributed by atoms with van der Waals surface area (Å²) in [5.74, 6) is 0.561. The largest absolute Gasteiger partial charge is 0.350 e. The van der Waals surface area contributed by atoms with Crippen molar-refractivity contribution in [1.29, 1.82) is 0 Å². The molecule has 6 heteroatoms. The van der Waals surface area contributed by atoms with Gasteiger partial charge >= 0.3 is 0 Å². The Labute approximate surface area is 160 Å². The molecule has 2 N–H and O–H groups in total. The third kappa shape index (κ3) is 6.41. The van der Waals surface area contributed by atoms with Crippen molar-refractivity contribution >= 4 is 23.5 Å². The lowest BCUT2D eigenvalue weighted by Gasteiger charge is -2.20. The first-order valence-corrected chi connectivity index (χ1v) is 8.88. The van der Waals surface area contributed by atoms with E-state index in [9.17, 15) is 4.79 Å². The molecule has 2 aromatic carbocycles.